The summed E-state index contributed by atoms with van der Waals surface area (Å²) in [4.78, 5) is 4.37. The van der Waals surface area contributed by atoms with Gasteiger partial charge in [-0.25, -0.2) is 0 Å². The zero-order valence-corrected chi connectivity index (χ0v) is 13.9. The van der Waals surface area contributed by atoms with Crippen molar-refractivity contribution < 1.29 is 9.26 Å². The number of nitrogens with zero attached hydrogens (tertiary/aromatic N) is 2. The summed E-state index contributed by atoms with van der Waals surface area (Å²) < 4.78 is 11.0. The minimum Gasteiger partial charge on any atom is -0.484 e. The number of hydrogen-bond acceptors (Lipinski definition) is 5. The van der Waals surface area contributed by atoms with Crippen molar-refractivity contribution in [1.82, 2.24) is 10.1 Å². The first-order valence-electron chi connectivity index (χ1n) is 8.00. The fourth-order valence-corrected chi connectivity index (χ4v) is 2.33. The Morgan fingerprint density at radius 3 is 2.62 bits per heavy atom. The Morgan fingerprint density at radius 2 is 1.92 bits per heavy atom. The molecule has 0 amide bonds. The fraction of sp³-hybridized carbons (Fsp3) is 0.263. The molecule has 0 saturated heterocycles. The van der Waals surface area contributed by atoms with Gasteiger partial charge in [0.1, 0.15) is 5.75 Å². The van der Waals surface area contributed by atoms with Gasteiger partial charge in [0.2, 0.25) is 5.82 Å². The molecule has 0 aliphatic carbocycles. The van der Waals surface area contributed by atoms with Crippen molar-refractivity contribution in [3.05, 3.63) is 65.5 Å². The highest BCUT2D eigenvalue weighted by Crippen LogP contribution is 2.21. The fourth-order valence-electron chi connectivity index (χ4n) is 2.33. The number of ether oxygens (including phenoxy) is 1. The lowest BCUT2D eigenvalue weighted by atomic mass is 10.0. The highest BCUT2D eigenvalue weighted by Gasteiger charge is 2.09. The van der Waals surface area contributed by atoms with Crippen LogP contribution in [0.4, 0.5) is 0 Å². The van der Waals surface area contributed by atoms with E-state index in [1.54, 1.807) is 0 Å². The number of rotatable bonds is 6. The van der Waals surface area contributed by atoms with Crippen molar-refractivity contribution in [3.8, 4) is 17.1 Å². The normalized spacial score (nSPS) is 11.0. The molecule has 2 N–H and O–H groups in total. The quantitative estimate of drug-likeness (QED) is 0.744. The van der Waals surface area contributed by atoms with Crippen LogP contribution in [0.2, 0.25) is 0 Å². The smallest absolute Gasteiger partial charge is 0.264 e. The van der Waals surface area contributed by atoms with Gasteiger partial charge >= 0.3 is 0 Å². The van der Waals surface area contributed by atoms with Crippen LogP contribution in [-0.2, 0) is 13.2 Å². The Kier molecular flexibility index (Phi) is 4.91. The molecule has 0 spiro atoms. The third kappa shape index (κ3) is 3.81. The van der Waals surface area contributed by atoms with Crippen LogP contribution in [0.15, 0.2) is 53.1 Å². The average Bonchev–Trinajstić information content (AvgIpc) is 3.09. The minimum absolute atomic E-state index is 0.245. The van der Waals surface area contributed by atoms with Gasteiger partial charge in [-0.3, -0.25) is 0 Å². The molecule has 0 fully saturated rings. The molecule has 2 aromatic carbocycles. The van der Waals surface area contributed by atoms with Gasteiger partial charge in [0.05, 0.1) is 0 Å². The first-order chi connectivity index (χ1) is 11.7. The number of aromatic nitrogens is 2. The second-order valence-electron chi connectivity index (χ2n) is 5.93. The van der Waals surface area contributed by atoms with E-state index in [1.165, 1.54) is 5.56 Å². The Morgan fingerprint density at radius 1 is 1.12 bits per heavy atom. The molecule has 1 heterocycles. The SMILES string of the molecule is CC(C)c1cccc(OCc2nc(-c3ccc(CN)cc3)no2)c1. The molecular weight excluding hydrogens is 302 g/mol. The molecule has 0 aliphatic heterocycles. The van der Waals surface area contributed by atoms with E-state index in [4.69, 9.17) is 15.0 Å². The first-order valence-corrected chi connectivity index (χ1v) is 8.00. The maximum absolute atomic E-state index is 5.76. The van der Waals surface area contributed by atoms with Gasteiger partial charge in [-0.05, 0) is 29.2 Å². The van der Waals surface area contributed by atoms with Crippen LogP contribution in [0.1, 0.15) is 36.8 Å². The topological polar surface area (TPSA) is 74.2 Å². The summed E-state index contributed by atoms with van der Waals surface area (Å²) in [5.41, 5.74) is 8.79. The maximum atomic E-state index is 5.76. The van der Waals surface area contributed by atoms with Crippen molar-refractivity contribution in [2.75, 3.05) is 0 Å². The van der Waals surface area contributed by atoms with E-state index in [1.807, 2.05) is 42.5 Å². The van der Waals surface area contributed by atoms with E-state index < -0.39 is 0 Å². The van der Waals surface area contributed by atoms with Gasteiger partial charge in [0, 0.05) is 12.1 Å². The predicted molar refractivity (Wildman–Crippen MR) is 92.5 cm³/mol. The molecule has 3 rings (SSSR count). The molecule has 0 atom stereocenters. The standard InChI is InChI=1S/C19H21N3O2/c1-13(2)16-4-3-5-17(10-16)23-12-18-21-19(22-24-18)15-8-6-14(11-20)7-9-15/h3-10,13H,11-12,20H2,1-2H3. The summed E-state index contributed by atoms with van der Waals surface area (Å²) in [7, 11) is 0. The highest BCUT2D eigenvalue weighted by molar-refractivity contribution is 5.54. The summed E-state index contributed by atoms with van der Waals surface area (Å²) >= 11 is 0. The highest BCUT2D eigenvalue weighted by atomic mass is 16.5. The molecule has 0 unspecified atom stereocenters. The number of benzene rings is 2. The maximum Gasteiger partial charge on any atom is 0.264 e. The third-order valence-electron chi connectivity index (χ3n) is 3.80. The van der Waals surface area contributed by atoms with Gasteiger partial charge in [-0.15, -0.1) is 0 Å². The van der Waals surface area contributed by atoms with E-state index in [9.17, 15) is 0 Å². The Bertz CT molecular complexity index is 794. The van der Waals surface area contributed by atoms with Crippen molar-refractivity contribution in [2.24, 2.45) is 5.73 Å². The van der Waals surface area contributed by atoms with E-state index in [-0.39, 0.29) is 6.61 Å². The Balaban J connectivity index is 1.66. The first kappa shape index (κ1) is 16.2. The van der Waals surface area contributed by atoms with Crippen molar-refractivity contribution in [3.63, 3.8) is 0 Å². The second kappa shape index (κ2) is 7.27. The number of hydrogen-bond donors (Lipinski definition) is 1. The molecule has 5 heteroatoms. The molecule has 3 aromatic rings. The summed E-state index contributed by atoms with van der Waals surface area (Å²) in [6, 6.07) is 15.8. The monoisotopic (exact) mass is 323 g/mol. The Labute approximate surface area is 141 Å². The largest absolute Gasteiger partial charge is 0.484 e. The van der Waals surface area contributed by atoms with E-state index >= 15 is 0 Å². The van der Waals surface area contributed by atoms with E-state index in [2.05, 4.69) is 30.1 Å². The molecule has 0 bridgehead atoms. The van der Waals surface area contributed by atoms with Crippen LogP contribution in [0.25, 0.3) is 11.4 Å². The molecule has 0 saturated carbocycles. The molecule has 124 valence electrons. The third-order valence-corrected chi connectivity index (χ3v) is 3.80. The van der Waals surface area contributed by atoms with Crippen molar-refractivity contribution in [2.45, 2.75) is 32.9 Å². The molecule has 1 aromatic heterocycles. The molecule has 0 aliphatic rings. The van der Waals surface area contributed by atoms with Crippen LogP contribution >= 0.6 is 0 Å². The van der Waals surface area contributed by atoms with Crippen LogP contribution < -0.4 is 10.5 Å². The lowest BCUT2D eigenvalue weighted by Gasteiger charge is -2.08. The lowest BCUT2D eigenvalue weighted by Crippen LogP contribution is -1.97. The van der Waals surface area contributed by atoms with Gasteiger partial charge in [-0.2, -0.15) is 4.98 Å². The predicted octanol–water partition coefficient (Wildman–Crippen LogP) is 3.90. The molecular formula is C19H21N3O2. The molecule has 5 nitrogen and oxygen atoms in total. The molecule has 24 heavy (non-hydrogen) atoms. The summed E-state index contributed by atoms with van der Waals surface area (Å²) in [6.07, 6.45) is 0. The Hall–Kier alpha value is -2.66. The van der Waals surface area contributed by atoms with Gasteiger partial charge < -0.3 is 15.0 Å². The van der Waals surface area contributed by atoms with Crippen LogP contribution in [0, 0.1) is 0 Å². The summed E-state index contributed by atoms with van der Waals surface area (Å²) in [5, 5.41) is 4.00. The molecule has 0 radical (unpaired) electrons. The summed E-state index contributed by atoms with van der Waals surface area (Å²) in [5.74, 6) is 2.25. The van der Waals surface area contributed by atoms with Crippen molar-refractivity contribution >= 4 is 0 Å². The van der Waals surface area contributed by atoms with E-state index in [0.29, 0.717) is 24.2 Å². The van der Waals surface area contributed by atoms with Gasteiger partial charge in [-0.1, -0.05) is 55.4 Å². The van der Waals surface area contributed by atoms with E-state index in [0.717, 1.165) is 16.9 Å². The van der Waals surface area contributed by atoms with Crippen LogP contribution in [0.5, 0.6) is 5.75 Å². The zero-order valence-electron chi connectivity index (χ0n) is 13.9. The minimum atomic E-state index is 0.245. The number of nitrogens with two attached hydrogens (primary N) is 1. The van der Waals surface area contributed by atoms with Crippen LogP contribution in [0.3, 0.4) is 0 Å². The summed E-state index contributed by atoms with van der Waals surface area (Å²) in [6.45, 7) is 5.06. The van der Waals surface area contributed by atoms with Crippen molar-refractivity contribution in [1.29, 1.82) is 0 Å². The zero-order chi connectivity index (χ0) is 16.9. The van der Waals surface area contributed by atoms with Gasteiger partial charge in [0.15, 0.2) is 6.61 Å². The van der Waals surface area contributed by atoms with Crippen LogP contribution in [-0.4, -0.2) is 10.1 Å². The average molecular weight is 323 g/mol. The lowest BCUT2D eigenvalue weighted by molar-refractivity contribution is 0.242. The second-order valence-corrected chi connectivity index (χ2v) is 5.93. The van der Waals surface area contributed by atoms with Gasteiger partial charge in [0.25, 0.3) is 5.89 Å².